The summed E-state index contributed by atoms with van der Waals surface area (Å²) in [6, 6.07) is 0. The Morgan fingerprint density at radius 2 is 2.29 bits per heavy atom. The van der Waals surface area contributed by atoms with E-state index in [0.717, 1.165) is 17.7 Å². The molecule has 1 aromatic heterocycles. The highest BCUT2D eigenvalue weighted by molar-refractivity contribution is 5.79. The zero-order chi connectivity index (χ0) is 10.8. The molecule has 4 heteroatoms. The van der Waals surface area contributed by atoms with Crippen LogP contribution in [0.5, 0.6) is 0 Å². The summed E-state index contributed by atoms with van der Waals surface area (Å²) in [6.07, 6.45) is 4.37. The Bertz CT molecular complexity index is 339. The molecule has 0 aliphatic carbocycles. The van der Waals surface area contributed by atoms with Gasteiger partial charge in [0.15, 0.2) is 0 Å². The first-order valence-electron chi connectivity index (χ1n) is 4.73. The number of aryl methyl sites for hydroxylation is 1. The van der Waals surface area contributed by atoms with Gasteiger partial charge in [0.05, 0.1) is 6.21 Å². The van der Waals surface area contributed by atoms with Crippen molar-refractivity contribution >= 4 is 6.21 Å². The number of oxime groups is 1. The predicted molar refractivity (Wildman–Crippen MR) is 55.9 cm³/mol. The van der Waals surface area contributed by atoms with Crippen molar-refractivity contribution in [2.45, 2.75) is 32.6 Å². The lowest BCUT2D eigenvalue weighted by molar-refractivity contribution is 0.321. The summed E-state index contributed by atoms with van der Waals surface area (Å²) in [4.78, 5) is 0. The molecule has 78 valence electrons. The first-order valence-corrected chi connectivity index (χ1v) is 4.73. The molecule has 0 amide bonds. The summed E-state index contributed by atoms with van der Waals surface area (Å²) in [5, 5.41) is 15.8. The van der Waals surface area contributed by atoms with Crippen LogP contribution >= 0.6 is 0 Å². The highest BCUT2D eigenvalue weighted by Crippen LogP contribution is 2.28. The molecule has 0 aliphatic heterocycles. The molecule has 14 heavy (non-hydrogen) atoms. The van der Waals surface area contributed by atoms with E-state index in [-0.39, 0.29) is 5.41 Å². The molecule has 1 aromatic rings. The van der Waals surface area contributed by atoms with Gasteiger partial charge in [-0.05, 0) is 11.8 Å². The molecule has 1 heterocycles. The molecule has 4 nitrogen and oxygen atoms in total. The molecule has 0 aromatic carbocycles. The second-order valence-corrected chi connectivity index (χ2v) is 4.08. The van der Waals surface area contributed by atoms with Crippen molar-refractivity contribution in [3.63, 3.8) is 0 Å². The summed E-state index contributed by atoms with van der Waals surface area (Å²) in [5.41, 5.74) is 1.91. The van der Waals surface area contributed by atoms with Crippen molar-refractivity contribution in [3.8, 4) is 0 Å². The van der Waals surface area contributed by atoms with Crippen molar-refractivity contribution in [1.82, 2.24) is 9.78 Å². The fourth-order valence-corrected chi connectivity index (χ4v) is 1.37. The van der Waals surface area contributed by atoms with Gasteiger partial charge >= 0.3 is 0 Å². The van der Waals surface area contributed by atoms with Crippen LogP contribution in [0, 0.1) is 0 Å². The van der Waals surface area contributed by atoms with Gasteiger partial charge in [0.1, 0.15) is 5.69 Å². The zero-order valence-corrected chi connectivity index (χ0v) is 9.15. The lowest BCUT2D eigenvalue weighted by atomic mass is 9.82. The normalized spacial score (nSPS) is 12.6. The smallest absolute Gasteiger partial charge is 0.110 e. The third-order valence-electron chi connectivity index (χ3n) is 2.65. The van der Waals surface area contributed by atoms with E-state index in [1.54, 1.807) is 4.68 Å². The molecule has 0 radical (unpaired) electrons. The minimum absolute atomic E-state index is 0.0603. The maximum absolute atomic E-state index is 8.51. The quantitative estimate of drug-likeness (QED) is 0.455. The van der Waals surface area contributed by atoms with Crippen LogP contribution in [0.25, 0.3) is 0 Å². The molecule has 0 saturated carbocycles. The predicted octanol–water partition coefficient (Wildman–Crippen LogP) is 1.92. The molecule has 1 N–H and O–H groups in total. The van der Waals surface area contributed by atoms with Crippen LogP contribution in [0.4, 0.5) is 0 Å². The third-order valence-corrected chi connectivity index (χ3v) is 2.65. The zero-order valence-electron chi connectivity index (χ0n) is 9.15. The van der Waals surface area contributed by atoms with Crippen molar-refractivity contribution in [3.05, 3.63) is 17.5 Å². The van der Waals surface area contributed by atoms with Crippen molar-refractivity contribution in [1.29, 1.82) is 0 Å². The number of hydrogen-bond acceptors (Lipinski definition) is 3. The first-order chi connectivity index (χ1) is 6.51. The van der Waals surface area contributed by atoms with E-state index in [4.69, 9.17) is 5.21 Å². The fourth-order valence-electron chi connectivity index (χ4n) is 1.37. The molecule has 0 spiro atoms. The first kappa shape index (κ1) is 10.8. The number of hydrogen-bond donors (Lipinski definition) is 1. The monoisotopic (exact) mass is 195 g/mol. The van der Waals surface area contributed by atoms with Gasteiger partial charge in [-0.3, -0.25) is 4.68 Å². The van der Waals surface area contributed by atoms with Crippen LogP contribution in [0.15, 0.2) is 11.4 Å². The molecule has 0 atom stereocenters. The van der Waals surface area contributed by atoms with Gasteiger partial charge in [0.25, 0.3) is 0 Å². The fraction of sp³-hybridized carbons (Fsp3) is 0.600. The van der Waals surface area contributed by atoms with Crippen LogP contribution in [0.3, 0.4) is 0 Å². The summed E-state index contributed by atoms with van der Waals surface area (Å²) >= 11 is 0. The van der Waals surface area contributed by atoms with Crippen LogP contribution in [0.1, 0.15) is 38.4 Å². The second kappa shape index (κ2) is 3.82. The van der Waals surface area contributed by atoms with Gasteiger partial charge in [-0.1, -0.05) is 25.9 Å². The number of aromatic nitrogens is 2. The van der Waals surface area contributed by atoms with E-state index in [0.29, 0.717) is 0 Å². The van der Waals surface area contributed by atoms with E-state index in [1.807, 2.05) is 13.2 Å². The molecule has 0 saturated heterocycles. The van der Waals surface area contributed by atoms with Gasteiger partial charge in [-0.25, -0.2) is 0 Å². The van der Waals surface area contributed by atoms with Crippen LogP contribution < -0.4 is 0 Å². The van der Waals surface area contributed by atoms with Crippen LogP contribution in [-0.4, -0.2) is 21.2 Å². The lowest BCUT2D eigenvalue weighted by Crippen LogP contribution is -2.16. The third kappa shape index (κ3) is 1.95. The minimum Gasteiger partial charge on any atom is -0.411 e. The molecule has 0 unspecified atom stereocenters. The van der Waals surface area contributed by atoms with Crippen molar-refractivity contribution < 1.29 is 5.21 Å². The Hall–Kier alpha value is -1.32. The highest BCUT2D eigenvalue weighted by atomic mass is 16.4. The Morgan fingerprint density at radius 1 is 1.64 bits per heavy atom. The van der Waals surface area contributed by atoms with Gasteiger partial charge in [0.2, 0.25) is 0 Å². The van der Waals surface area contributed by atoms with E-state index in [1.165, 1.54) is 6.21 Å². The number of rotatable bonds is 3. The average molecular weight is 195 g/mol. The SMILES string of the molecule is CCC(C)(C)c1cn(C)nc1/C=N/O. The Morgan fingerprint density at radius 3 is 2.79 bits per heavy atom. The van der Waals surface area contributed by atoms with E-state index in [2.05, 4.69) is 31.0 Å². The van der Waals surface area contributed by atoms with Gasteiger partial charge in [0, 0.05) is 18.8 Å². The summed E-state index contributed by atoms with van der Waals surface area (Å²) < 4.78 is 1.74. The molecule has 0 bridgehead atoms. The van der Waals surface area contributed by atoms with E-state index < -0.39 is 0 Å². The van der Waals surface area contributed by atoms with E-state index in [9.17, 15) is 0 Å². The molecular formula is C10H17N3O. The Balaban J connectivity index is 3.19. The largest absolute Gasteiger partial charge is 0.411 e. The van der Waals surface area contributed by atoms with Gasteiger partial charge in [-0.15, -0.1) is 0 Å². The lowest BCUT2D eigenvalue weighted by Gasteiger charge is -2.21. The Labute approximate surface area is 84.2 Å². The maximum Gasteiger partial charge on any atom is 0.110 e. The summed E-state index contributed by atoms with van der Waals surface area (Å²) in [5.74, 6) is 0. The highest BCUT2D eigenvalue weighted by Gasteiger charge is 2.23. The van der Waals surface area contributed by atoms with Crippen molar-refractivity contribution in [2.75, 3.05) is 0 Å². The van der Waals surface area contributed by atoms with Crippen LogP contribution in [0.2, 0.25) is 0 Å². The minimum atomic E-state index is 0.0603. The van der Waals surface area contributed by atoms with Gasteiger partial charge in [-0.2, -0.15) is 5.10 Å². The average Bonchev–Trinajstić information content (AvgIpc) is 2.48. The number of nitrogens with zero attached hydrogens (tertiary/aromatic N) is 3. The second-order valence-electron chi connectivity index (χ2n) is 4.08. The van der Waals surface area contributed by atoms with E-state index >= 15 is 0 Å². The van der Waals surface area contributed by atoms with Gasteiger partial charge < -0.3 is 5.21 Å². The van der Waals surface area contributed by atoms with Crippen LogP contribution in [-0.2, 0) is 12.5 Å². The van der Waals surface area contributed by atoms with Crippen molar-refractivity contribution in [2.24, 2.45) is 12.2 Å². The summed E-state index contributed by atoms with van der Waals surface area (Å²) in [6.45, 7) is 6.43. The maximum atomic E-state index is 8.51. The molecule has 0 fully saturated rings. The molecule has 0 aliphatic rings. The molecular weight excluding hydrogens is 178 g/mol. The molecule has 1 rings (SSSR count). The topological polar surface area (TPSA) is 50.4 Å². The Kier molecular flexibility index (Phi) is 2.93. The summed E-state index contributed by atoms with van der Waals surface area (Å²) in [7, 11) is 1.87. The standard InChI is InChI=1S/C10H17N3O/c1-5-10(2,3)8-7-13(4)12-9(8)6-11-14/h6-7,14H,5H2,1-4H3/b11-6+.